The fraction of sp³-hybridized carbons (Fsp3) is 0.273. The van der Waals surface area contributed by atoms with Crippen LogP contribution < -0.4 is 9.47 Å². The molecule has 0 fully saturated rings. The molecule has 0 aliphatic rings. The maximum Gasteiger partial charge on any atom is 0.122 e. The summed E-state index contributed by atoms with van der Waals surface area (Å²) in [5.74, 6) is 1.60. The minimum atomic E-state index is 0.771. The average Bonchev–Trinajstić information content (AvgIpc) is 2.16. The summed E-state index contributed by atoms with van der Waals surface area (Å²) in [6.07, 6.45) is 0.771. The molecule has 0 atom stereocenters. The van der Waals surface area contributed by atoms with Crippen LogP contribution in [0, 0.1) is 0 Å². The Morgan fingerprint density at radius 1 is 1.21 bits per heavy atom. The molecule has 1 rings (SSSR count). The van der Waals surface area contributed by atoms with Crippen molar-refractivity contribution in [1.29, 1.82) is 0 Å². The van der Waals surface area contributed by atoms with Gasteiger partial charge in [0.05, 0.1) is 14.2 Å². The molecule has 0 aliphatic heterocycles. The highest BCUT2D eigenvalue weighted by Gasteiger charge is 2.02. The van der Waals surface area contributed by atoms with Crippen molar-refractivity contribution in [2.24, 2.45) is 0 Å². The maximum absolute atomic E-state index is 5.15. The van der Waals surface area contributed by atoms with Gasteiger partial charge >= 0.3 is 0 Å². The van der Waals surface area contributed by atoms with Crippen molar-refractivity contribution < 1.29 is 9.47 Å². The predicted molar refractivity (Wildman–Crippen MR) is 61.3 cm³/mol. The van der Waals surface area contributed by atoms with Crippen molar-refractivity contribution in [3.05, 3.63) is 34.8 Å². The molecule has 0 unspecified atom stereocenters. The number of rotatable bonds is 4. The van der Waals surface area contributed by atoms with E-state index in [-0.39, 0.29) is 0 Å². The summed E-state index contributed by atoms with van der Waals surface area (Å²) in [5.41, 5.74) is 1.11. The quantitative estimate of drug-likeness (QED) is 0.824. The van der Waals surface area contributed by atoms with Crippen molar-refractivity contribution in [1.82, 2.24) is 0 Å². The van der Waals surface area contributed by atoms with Crippen LogP contribution in [0.15, 0.2) is 29.3 Å². The van der Waals surface area contributed by atoms with Gasteiger partial charge in [0.15, 0.2) is 0 Å². The molecule has 0 aromatic heterocycles. The van der Waals surface area contributed by atoms with Crippen molar-refractivity contribution in [2.75, 3.05) is 14.2 Å². The van der Waals surface area contributed by atoms with E-state index in [4.69, 9.17) is 9.47 Å². The van der Waals surface area contributed by atoms with Crippen molar-refractivity contribution >= 4 is 15.9 Å². The molecular weight excluding hydrogens is 244 g/mol. The lowest BCUT2D eigenvalue weighted by molar-refractivity contribution is 0.393. The molecule has 76 valence electrons. The van der Waals surface area contributed by atoms with Gasteiger partial charge < -0.3 is 9.47 Å². The molecule has 0 saturated heterocycles. The van der Waals surface area contributed by atoms with E-state index in [1.807, 2.05) is 18.2 Å². The number of hydrogen-bond acceptors (Lipinski definition) is 2. The summed E-state index contributed by atoms with van der Waals surface area (Å²) in [6.45, 7) is 3.80. The number of allylic oxidation sites excluding steroid dienone is 1. The topological polar surface area (TPSA) is 18.5 Å². The molecule has 0 aliphatic carbocycles. The number of hydrogen-bond donors (Lipinski definition) is 0. The van der Waals surface area contributed by atoms with Crippen LogP contribution in [-0.4, -0.2) is 14.2 Å². The second-order valence-electron chi connectivity index (χ2n) is 2.91. The smallest absolute Gasteiger partial charge is 0.122 e. The normalized spacial score (nSPS) is 9.64. The molecule has 14 heavy (non-hydrogen) atoms. The summed E-state index contributed by atoms with van der Waals surface area (Å²) in [5, 5.41) is 0. The first-order valence-electron chi connectivity index (χ1n) is 4.21. The minimum Gasteiger partial charge on any atom is -0.497 e. The number of methoxy groups -OCH3 is 2. The molecule has 1 aromatic rings. The van der Waals surface area contributed by atoms with E-state index in [0.717, 1.165) is 28.0 Å². The van der Waals surface area contributed by atoms with Crippen molar-refractivity contribution in [3.63, 3.8) is 0 Å². The highest BCUT2D eigenvalue weighted by Crippen LogP contribution is 2.24. The molecule has 0 saturated carbocycles. The predicted octanol–water partition coefficient (Wildman–Crippen LogP) is 3.15. The SMILES string of the molecule is C=C(Br)Cc1cc(OC)cc(OC)c1. The van der Waals surface area contributed by atoms with E-state index in [2.05, 4.69) is 22.5 Å². The second kappa shape index (κ2) is 5.05. The van der Waals surface area contributed by atoms with Crippen LogP contribution >= 0.6 is 15.9 Å². The molecule has 0 N–H and O–H groups in total. The van der Waals surface area contributed by atoms with Crippen LogP contribution in [0.1, 0.15) is 5.56 Å². The van der Waals surface area contributed by atoms with Gasteiger partial charge in [-0.3, -0.25) is 0 Å². The van der Waals surface area contributed by atoms with Gasteiger partial charge in [0.2, 0.25) is 0 Å². The Balaban J connectivity index is 2.98. The molecule has 0 radical (unpaired) electrons. The van der Waals surface area contributed by atoms with Crippen LogP contribution in [0.5, 0.6) is 11.5 Å². The molecule has 0 bridgehead atoms. The molecule has 0 spiro atoms. The highest BCUT2D eigenvalue weighted by atomic mass is 79.9. The third-order valence-electron chi connectivity index (χ3n) is 1.81. The third kappa shape index (κ3) is 3.07. The monoisotopic (exact) mass is 256 g/mol. The lowest BCUT2D eigenvalue weighted by Gasteiger charge is -2.07. The highest BCUT2D eigenvalue weighted by molar-refractivity contribution is 9.11. The molecular formula is C11H13BrO2. The van der Waals surface area contributed by atoms with Gasteiger partial charge in [-0.1, -0.05) is 22.5 Å². The lowest BCUT2D eigenvalue weighted by Crippen LogP contribution is -1.91. The van der Waals surface area contributed by atoms with Crippen LogP contribution in [0.3, 0.4) is 0 Å². The van der Waals surface area contributed by atoms with E-state index in [0.29, 0.717) is 0 Å². The van der Waals surface area contributed by atoms with Gasteiger partial charge in [-0.05, 0) is 22.2 Å². The Morgan fingerprint density at radius 2 is 1.71 bits per heavy atom. The summed E-state index contributed by atoms with van der Waals surface area (Å²) in [7, 11) is 3.28. The summed E-state index contributed by atoms with van der Waals surface area (Å²) >= 11 is 3.33. The van der Waals surface area contributed by atoms with Gasteiger partial charge in [0.1, 0.15) is 11.5 Å². The first-order valence-corrected chi connectivity index (χ1v) is 5.00. The summed E-state index contributed by atoms with van der Waals surface area (Å²) in [6, 6.07) is 5.78. The van der Waals surface area contributed by atoms with Gasteiger partial charge in [-0.2, -0.15) is 0 Å². The standard InChI is InChI=1S/C11H13BrO2/c1-8(12)4-9-5-10(13-2)7-11(6-9)14-3/h5-7H,1,4H2,2-3H3. The van der Waals surface area contributed by atoms with E-state index < -0.39 is 0 Å². The largest absolute Gasteiger partial charge is 0.497 e. The Morgan fingerprint density at radius 3 is 2.07 bits per heavy atom. The van der Waals surface area contributed by atoms with Crippen molar-refractivity contribution in [3.8, 4) is 11.5 Å². The van der Waals surface area contributed by atoms with Gasteiger partial charge in [-0.15, -0.1) is 0 Å². The third-order valence-corrected chi connectivity index (χ3v) is 2.09. The Hall–Kier alpha value is -0.960. The van der Waals surface area contributed by atoms with Gasteiger partial charge in [0.25, 0.3) is 0 Å². The zero-order valence-electron chi connectivity index (χ0n) is 8.34. The first-order chi connectivity index (χ1) is 6.65. The van der Waals surface area contributed by atoms with Gasteiger partial charge in [0, 0.05) is 12.5 Å². The molecule has 1 aromatic carbocycles. The lowest BCUT2D eigenvalue weighted by atomic mass is 10.1. The van der Waals surface area contributed by atoms with Crippen LogP contribution in [0.25, 0.3) is 0 Å². The number of benzene rings is 1. The molecule has 2 nitrogen and oxygen atoms in total. The van der Waals surface area contributed by atoms with Gasteiger partial charge in [-0.25, -0.2) is 0 Å². The van der Waals surface area contributed by atoms with E-state index in [9.17, 15) is 0 Å². The van der Waals surface area contributed by atoms with Crippen LogP contribution in [0.2, 0.25) is 0 Å². The maximum atomic E-state index is 5.15. The summed E-state index contributed by atoms with van der Waals surface area (Å²) < 4.78 is 11.2. The fourth-order valence-electron chi connectivity index (χ4n) is 1.19. The summed E-state index contributed by atoms with van der Waals surface area (Å²) in [4.78, 5) is 0. The number of ether oxygens (including phenoxy) is 2. The van der Waals surface area contributed by atoms with Crippen LogP contribution in [0.4, 0.5) is 0 Å². The average molecular weight is 257 g/mol. The molecule has 3 heteroatoms. The zero-order valence-corrected chi connectivity index (χ0v) is 9.93. The molecule has 0 amide bonds. The van der Waals surface area contributed by atoms with E-state index >= 15 is 0 Å². The van der Waals surface area contributed by atoms with E-state index in [1.54, 1.807) is 14.2 Å². The van der Waals surface area contributed by atoms with Crippen LogP contribution in [-0.2, 0) is 6.42 Å². The minimum absolute atomic E-state index is 0.771. The second-order valence-corrected chi connectivity index (χ2v) is 4.04. The Bertz CT molecular complexity index is 312. The zero-order chi connectivity index (χ0) is 10.6. The van der Waals surface area contributed by atoms with Crippen molar-refractivity contribution in [2.45, 2.75) is 6.42 Å². The fourth-order valence-corrected chi connectivity index (χ4v) is 1.51. The molecule has 0 heterocycles. The Kier molecular flexibility index (Phi) is 4.01. The van der Waals surface area contributed by atoms with E-state index in [1.165, 1.54) is 0 Å². The Labute approximate surface area is 92.7 Å². The number of halogens is 1. The first kappa shape index (κ1) is 11.1.